The predicted octanol–water partition coefficient (Wildman–Crippen LogP) is 2.91. The maximum absolute atomic E-state index is 11.5. The minimum Gasteiger partial charge on any atom is -0.224 e. The molecule has 0 N–H and O–H groups in total. The van der Waals surface area contributed by atoms with Crippen LogP contribution in [0.4, 0.5) is 0 Å². The van der Waals surface area contributed by atoms with Gasteiger partial charge in [-0.15, -0.1) is 0 Å². The Morgan fingerprint density at radius 1 is 1.40 bits per heavy atom. The number of hydrogen-bond acceptors (Lipinski definition) is 3. The zero-order chi connectivity index (χ0) is 11.6. The highest BCUT2D eigenvalue weighted by Crippen LogP contribution is 2.29. The molecule has 1 aromatic rings. The first-order valence-corrected chi connectivity index (χ1v) is 8.01. The normalized spacial score (nSPS) is 11.7. The lowest BCUT2D eigenvalue weighted by atomic mass is 10.1. The Labute approximate surface area is 99.9 Å². The van der Waals surface area contributed by atoms with Crippen LogP contribution in [0.5, 0.6) is 0 Å². The molecule has 84 valence electrons. The zero-order valence-corrected chi connectivity index (χ0v) is 11.3. The van der Waals surface area contributed by atoms with E-state index in [1.165, 1.54) is 6.26 Å². The summed E-state index contributed by atoms with van der Waals surface area (Å²) in [6, 6.07) is 3.37. The summed E-state index contributed by atoms with van der Waals surface area (Å²) in [7, 11) is -3.19. The lowest BCUT2D eigenvalue weighted by Gasteiger charge is -2.10. The quantitative estimate of drug-likeness (QED) is 0.842. The van der Waals surface area contributed by atoms with Gasteiger partial charge >= 0.3 is 0 Å². The van der Waals surface area contributed by atoms with E-state index in [1.807, 2.05) is 13.2 Å². The summed E-state index contributed by atoms with van der Waals surface area (Å²) in [5, 5.41) is 0.562. The topological polar surface area (TPSA) is 34.1 Å². The highest BCUT2D eigenvalue weighted by Gasteiger charge is 2.16. The van der Waals surface area contributed by atoms with Crippen molar-refractivity contribution in [2.75, 3.05) is 12.5 Å². The third-order valence-electron chi connectivity index (χ3n) is 2.08. The molecule has 0 spiro atoms. The van der Waals surface area contributed by atoms with Crippen molar-refractivity contribution in [2.45, 2.75) is 17.6 Å². The second kappa shape index (κ2) is 4.76. The van der Waals surface area contributed by atoms with Crippen LogP contribution in [-0.4, -0.2) is 20.9 Å². The van der Waals surface area contributed by atoms with Gasteiger partial charge in [-0.2, -0.15) is 11.8 Å². The van der Waals surface area contributed by atoms with Crippen molar-refractivity contribution >= 4 is 33.2 Å². The molecule has 0 bridgehead atoms. The predicted molar refractivity (Wildman–Crippen MR) is 66.5 cm³/mol. The van der Waals surface area contributed by atoms with E-state index in [-0.39, 0.29) is 0 Å². The lowest BCUT2D eigenvalue weighted by molar-refractivity contribution is 0.601. The van der Waals surface area contributed by atoms with Gasteiger partial charge in [0.25, 0.3) is 0 Å². The third kappa shape index (κ3) is 2.89. The molecule has 0 heterocycles. The van der Waals surface area contributed by atoms with Gasteiger partial charge in [0.05, 0.1) is 4.90 Å². The average Bonchev–Trinajstić information content (AvgIpc) is 2.11. The zero-order valence-electron chi connectivity index (χ0n) is 8.87. The largest absolute Gasteiger partial charge is 0.224 e. The van der Waals surface area contributed by atoms with Gasteiger partial charge < -0.3 is 0 Å². The molecule has 15 heavy (non-hydrogen) atoms. The smallest absolute Gasteiger partial charge is 0.175 e. The van der Waals surface area contributed by atoms with Crippen LogP contribution in [0.2, 0.25) is 5.02 Å². The molecule has 5 heteroatoms. The van der Waals surface area contributed by atoms with Crippen molar-refractivity contribution in [2.24, 2.45) is 0 Å². The number of thioether (sulfide) groups is 1. The van der Waals surface area contributed by atoms with Gasteiger partial charge in [0, 0.05) is 17.0 Å². The Kier molecular flexibility index (Phi) is 4.09. The van der Waals surface area contributed by atoms with E-state index in [4.69, 9.17) is 11.6 Å². The number of hydrogen-bond donors (Lipinski definition) is 0. The molecule has 0 atom stereocenters. The number of sulfone groups is 1. The third-order valence-corrected chi connectivity index (χ3v) is 4.37. The first-order chi connectivity index (χ1) is 6.88. The van der Waals surface area contributed by atoms with E-state index >= 15 is 0 Å². The molecular weight excluding hydrogens is 252 g/mol. The van der Waals surface area contributed by atoms with Gasteiger partial charge in [-0.1, -0.05) is 17.7 Å². The van der Waals surface area contributed by atoms with Gasteiger partial charge in [-0.05, 0) is 30.4 Å². The van der Waals surface area contributed by atoms with Crippen LogP contribution < -0.4 is 0 Å². The van der Waals surface area contributed by atoms with Crippen molar-refractivity contribution in [1.82, 2.24) is 0 Å². The molecule has 1 aromatic carbocycles. The molecule has 0 aliphatic heterocycles. The number of halogens is 1. The molecule has 0 saturated carbocycles. The molecular formula is C10H13ClO2S2. The summed E-state index contributed by atoms with van der Waals surface area (Å²) < 4.78 is 23.0. The minimum absolute atomic E-state index is 0.340. The van der Waals surface area contributed by atoms with E-state index in [9.17, 15) is 8.42 Å². The summed E-state index contributed by atoms with van der Waals surface area (Å²) in [4.78, 5) is 0.340. The number of benzene rings is 1. The molecule has 0 saturated heterocycles. The second-order valence-corrected chi connectivity index (χ2v) is 6.61. The molecule has 2 nitrogen and oxygen atoms in total. The standard InChI is InChI=1S/C10H13ClO2S2/c1-7-4-5-9(15(3,12)13)8(6-14-2)10(7)11/h4-5H,6H2,1-3H3. The average molecular weight is 265 g/mol. The molecule has 0 amide bonds. The van der Waals surface area contributed by atoms with Crippen LogP contribution in [0, 0.1) is 6.92 Å². The van der Waals surface area contributed by atoms with Gasteiger partial charge in [0.2, 0.25) is 0 Å². The highest BCUT2D eigenvalue weighted by molar-refractivity contribution is 7.97. The first kappa shape index (κ1) is 12.9. The van der Waals surface area contributed by atoms with Gasteiger partial charge in [-0.25, -0.2) is 8.42 Å². The Morgan fingerprint density at radius 2 is 2.00 bits per heavy atom. The van der Waals surface area contributed by atoms with Crippen molar-refractivity contribution in [3.63, 3.8) is 0 Å². The summed E-state index contributed by atoms with van der Waals surface area (Å²) in [5.41, 5.74) is 1.62. The Balaban J connectivity index is 3.47. The fourth-order valence-corrected chi connectivity index (χ4v) is 3.33. The lowest BCUT2D eigenvalue weighted by Crippen LogP contribution is -2.03. The van der Waals surface area contributed by atoms with Gasteiger partial charge in [0.15, 0.2) is 9.84 Å². The van der Waals surface area contributed by atoms with Crippen LogP contribution in [0.25, 0.3) is 0 Å². The summed E-state index contributed by atoms with van der Waals surface area (Å²) >= 11 is 7.66. The summed E-state index contributed by atoms with van der Waals surface area (Å²) in [6.45, 7) is 1.87. The van der Waals surface area contributed by atoms with E-state index < -0.39 is 9.84 Å². The van der Waals surface area contributed by atoms with Crippen LogP contribution in [0.15, 0.2) is 17.0 Å². The van der Waals surface area contributed by atoms with Crippen molar-refractivity contribution in [3.8, 4) is 0 Å². The van der Waals surface area contributed by atoms with Crippen LogP contribution in [-0.2, 0) is 15.6 Å². The molecule has 0 aromatic heterocycles. The molecule has 1 rings (SSSR count). The second-order valence-electron chi connectivity index (χ2n) is 3.38. The Hall–Kier alpha value is -0.190. The summed E-state index contributed by atoms with van der Waals surface area (Å²) in [6.07, 6.45) is 3.13. The molecule has 0 radical (unpaired) electrons. The van der Waals surface area contributed by atoms with Crippen LogP contribution in [0.1, 0.15) is 11.1 Å². The SMILES string of the molecule is CSCc1c(S(C)(=O)=O)ccc(C)c1Cl. The van der Waals surface area contributed by atoms with Crippen LogP contribution >= 0.6 is 23.4 Å². The molecule has 0 aliphatic rings. The van der Waals surface area contributed by atoms with Crippen molar-refractivity contribution < 1.29 is 8.42 Å². The molecule has 0 fully saturated rings. The Morgan fingerprint density at radius 3 is 2.47 bits per heavy atom. The van der Waals surface area contributed by atoms with Crippen LogP contribution in [0.3, 0.4) is 0 Å². The molecule has 0 aliphatic carbocycles. The number of aryl methyl sites for hydroxylation is 1. The van der Waals surface area contributed by atoms with E-state index in [0.29, 0.717) is 21.2 Å². The highest BCUT2D eigenvalue weighted by atomic mass is 35.5. The number of rotatable bonds is 3. The Bertz CT molecular complexity index is 467. The van der Waals surface area contributed by atoms with Gasteiger partial charge in [-0.3, -0.25) is 0 Å². The maximum atomic E-state index is 11.5. The summed E-state index contributed by atoms with van der Waals surface area (Å²) in [5.74, 6) is 0.614. The van der Waals surface area contributed by atoms with Gasteiger partial charge in [0.1, 0.15) is 0 Å². The van der Waals surface area contributed by atoms with E-state index in [2.05, 4.69) is 0 Å². The molecule has 0 unspecified atom stereocenters. The monoisotopic (exact) mass is 264 g/mol. The van der Waals surface area contributed by atoms with E-state index in [1.54, 1.807) is 23.9 Å². The minimum atomic E-state index is -3.19. The maximum Gasteiger partial charge on any atom is 0.175 e. The van der Waals surface area contributed by atoms with Crippen molar-refractivity contribution in [3.05, 3.63) is 28.3 Å². The van der Waals surface area contributed by atoms with E-state index in [0.717, 1.165) is 5.56 Å². The fourth-order valence-electron chi connectivity index (χ4n) is 1.35. The first-order valence-electron chi connectivity index (χ1n) is 4.35. The fraction of sp³-hybridized carbons (Fsp3) is 0.400. The van der Waals surface area contributed by atoms with Crippen molar-refractivity contribution in [1.29, 1.82) is 0 Å².